The molecule has 2 aliphatic rings. The molecule has 2 heterocycles. The number of hydrogen-bond donors (Lipinski definition) is 2. The van der Waals surface area contributed by atoms with E-state index in [1.807, 2.05) is 0 Å². The van der Waals surface area contributed by atoms with E-state index in [9.17, 15) is 0 Å². The zero-order chi connectivity index (χ0) is 15.4. The molecule has 1 aliphatic carbocycles. The van der Waals surface area contributed by atoms with Crippen molar-refractivity contribution in [3.8, 4) is 0 Å². The molecule has 0 aromatic carbocycles. The van der Waals surface area contributed by atoms with Crippen LogP contribution in [0.1, 0.15) is 37.3 Å². The molecule has 1 aromatic heterocycles. The summed E-state index contributed by atoms with van der Waals surface area (Å²) in [5, 5.41) is 6.75. The molecule has 122 valence electrons. The SMILES string of the molecule is CN(C)CCNc1nc(NC[C@H]2CCCO2)cc(C2CC2)n1. The van der Waals surface area contributed by atoms with E-state index in [-0.39, 0.29) is 0 Å². The van der Waals surface area contributed by atoms with Crippen molar-refractivity contribution in [2.75, 3.05) is 51.0 Å². The number of ether oxygens (including phenoxy) is 1. The molecule has 1 saturated heterocycles. The fourth-order valence-corrected chi connectivity index (χ4v) is 2.64. The molecule has 0 amide bonds. The average molecular weight is 305 g/mol. The first kappa shape index (κ1) is 15.5. The minimum absolute atomic E-state index is 0.324. The van der Waals surface area contributed by atoms with Gasteiger partial charge in [0.1, 0.15) is 5.82 Å². The van der Waals surface area contributed by atoms with E-state index in [1.165, 1.54) is 19.3 Å². The van der Waals surface area contributed by atoms with Gasteiger partial charge in [0.05, 0.1) is 11.8 Å². The second-order valence-electron chi connectivity index (χ2n) is 6.52. The maximum Gasteiger partial charge on any atom is 0.224 e. The Hall–Kier alpha value is -1.40. The van der Waals surface area contributed by atoms with Gasteiger partial charge in [-0.25, -0.2) is 4.98 Å². The Morgan fingerprint density at radius 1 is 1.23 bits per heavy atom. The quantitative estimate of drug-likeness (QED) is 0.765. The van der Waals surface area contributed by atoms with Gasteiger partial charge in [0.25, 0.3) is 0 Å². The molecule has 0 bridgehead atoms. The van der Waals surface area contributed by atoms with Crippen molar-refractivity contribution in [3.63, 3.8) is 0 Å². The molecule has 1 atom stereocenters. The third-order valence-corrected chi connectivity index (χ3v) is 4.12. The van der Waals surface area contributed by atoms with Crippen molar-refractivity contribution < 1.29 is 4.74 Å². The Bertz CT molecular complexity index is 483. The van der Waals surface area contributed by atoms with Gasteiger partial charge in [0.2, 0.25) is 5.95 Å². The van der Waals surface area contributed by atoms with Crippen LogP contribution in [0.2, 0.25) is 0 Å². The van der Waals surface area contributed by atoms with Gasteiger partial charge in [0, 0.05) is 38.2 Å². The Morgan fingerprint density at radius 2 is 2.09 bits per heavy atom. The summed E-state index contributed by atoms with van der Waals surface area (Å²) in [5.74, 6) is 2.28. The second kappa shape index (κ2) is 7.24. The van der Waals surface area contributed by atoms with Crippen molar-refractivity contribution in [2.45, 2.75) is 37.7 Å². The first-order valence-electron chi connectivity index (χ1n) is 8.34. The number of hydrogen-bond acceptors (Lipinski definition) is 6. The first-order chi connectivity index (χ1) is 10.7. The van der Waals surface area contributed by atoms with Crippen molar-refractivity contribution in [2.24, 2.45) is 0 Å². The minimum atomic E-state index is 0.324. The first-order valence-corrected chi connectivity index (χ1v) is 8.34. The number of aromatic nitrogens is 2. The predicted octanol–water partition coefficient (Wildman–Crippen LogP) is 1.92. The lowest BCUT2D eigenvalue weighted by molar-refractivity contribution is 0.120. The lowest BCUT2D eigenvalue weighted by Crippen LogP contribution is -2.22. The maximum absolute atomic E-state index is 5.66. The van der Waals surface area contributed by atoms with Gasteiger partial charge in [-0.05, 0) is 39.8 Å². The number of likely N-dealkylation sites (N-methyl/N-ethyl adjacent to an activating group) is 1. The highest BCUT2D eigenvalue weighted by molar-refractivity contribution is 5.44. The molecule has 1 aromatic rings. The third-order valence-electron chi connectivity index (χ3n) is 4.12. The summed E-state index contributed by atoms with van der Waals surface area (Å²) in [6, 6.07) is 2.10. The number of nitrogens with zero attached hydrogens (tertiary/aromatic N) is 3. The topological polar surface area (TPSA) is 62.3 Å². The largest absolute Gasteiger partial charge is 0.376 e. The van der Waals surface area contributed by atoms with Gasteiger partial charge < -0.3 is 20.3 Å². The Kier molecular flexibility index (Phi) is 5.10. The maximum atomic E-state index is 5.66. The van der Waals surface area contributed by atoms with Crippen LogP contribution >= 0.6 is 0 Å². The van der Waals surface area contributed by atoms with Crippen LogP contribution in [-0.2, 0) is 4.74 Å². The Balaban J connectivity index is 1.61. The molecule has 6 nitrogen and oxygen atoms in total. The molecule has 0 unspecified atom stereocenters. The summed E-state index contributed by atoms with van der Waals surface area (Å²) in [4.78, 5) is 11.4. The van der Waals surface area contributed by atoms with Crippen LogP contribution in [0.4, 0.5) is 11.8 Å². The number of nitrogens with one attached hydrogen (secondary N) is 2. The lowest BCUT2D eigenvalue weighted by atomic mass is 10.2. The highest BCUT2D eigenvalue weighted by atomic mass is 16.5. The van der Waals surface area contributed by atoms with E-state index in [0.29, 0.717) is 12.0 Å². The molecule has 2 N–H and O–H groups in total. The fourth-order valence-electron chi connectivity index (χ4n) is 2.64. The number of rotatable bonds is 8. The zero-order valence-electron chi connectivity index (χ0n) is 13.6. The van der Waals surface area contributed by atoms with Gasteiger partial charge in [-0.1, -0.05) is 0 Å². The van der Waals surface area contributed by atoms with E-state index in [4.69, 9.17) is 4.74 Å². The summed E-state index contributed by atoms with van der Waals surface area (Å²) < 4.78 is 5.66. The van der Waals surface area contributed by atoms with Crippen LogP contribution in [-0.4, -0.2) is 61.3 Å². The smallest absolute Gasteiger partial charge is 0.224 e. The zero-order valence-corrected chi connectivity index (χ0v) is 13.6. The van der Waals surface area contributed by atoms with Crippen LogP contribution in [0.25, 0.3) is 0 Å². The molecular formula is C16H27N5O. The summed E-state index contributed by atoms with van der Waals surface area (Å²) >= 11 is 0. The molecule has 6 heteroatoms. The van der Waals surface area contributed by atoms with Crippen molar-refractivity contribution in [1.82, 2.24) is 14.9 Å². The molecule has 3 rings (SSSR count). The molecule has 0 radical (unpaired) electrons. The van der Waals surface area contributed by atoms with Crippen molar-refractivity contribution >= 4 is 11.8 Å². The van der Waals surface area contributed by atoms with E-state index in [0.717, 1.165) is 50.1 Å². The standard InChI is InChI=1S/C16H27N5O/c1-21(2)8-7-17-16-19-14(12-5-6-12)10-15(20-16)18-11-13-4-3-9-22-13/h10,12-13H,3-9,11H2,1-2H3,(H2,17,18,19,20)/t13-/m1/s1. The summed E-state index contributed by atoms with van der Waals surface area (Å²) in [7, 11) is 4.13. The van der Waals surface area contributed by atoms with Crippen LogP contribution in [0.5, 0.6) is 0 Å². The molecule has 2 fully saturated rings. The third kappa shape index (κ3) is 4.55. The average Bonchev–Trinajstić information content (AvgIpc) is 3.21. The molecule has 1 aliphatic heterocycles. The van der Waals surface area contributed by atoms with Gasteiger partial charge in [-0.2, -0.15) is 4.98 Å². The van der Waals surface area contributed by atoms with E-state index in [1.54, 1.807) is 0 Å². The fraction of sp³-hybridized carbons (Fsp3) is 0.750. The van der Waals surface area contributed by atoms with Gasteiger partial charge in [0.15, 0.2) is 0 Å². The van der Waals surface area contributed by atoms with E-state index < -0.39 is 0 Å². The molecule has 1 saturated carbocycles. The van der Waals surface area contributed by atoms with Crippen LogP contribution < -0.4 is 10.6 Å². The monoisotopic (exact) mass is 305 g/mol. The van der Waals surface area contributed by atoms with Crippen LogP contribution in [0, 0.1) is 0 Å². The molecule has 22 heavy (non-hydrogen) atoms. The van der Waals surface area contributed by atoms with Crippen molar-refractivity contribution in [3.05, 3.63) is 11.8 Å². The summed E-state index contributed by atoms with van der Waals surface area (Å²) in [6.45, 7) is 3.54. The summed E-state index contributed by atoms with van der Waals surface area (Å²) in [6.07, 6.45) is 5.13. The second-order valence-corrected chi connectivity index (χ2v) is 6.52. The highest BCUT2D eigenvalue weighted by Crippen LogP contribution is 2.39. The molecule has 0 spiro atoms. The molecular weight excluding hydrogens is 278 g/mol. The van der Waals surface area contributed by atoms with Gasteiger partial charge in [-0.15, -0.1) is 0 Å². The Morgan fingerprint density at radius 3 is 2.77 bits per heavy atom. The Labute approximate surface area is 132 Å². The van der Waals surface area contributed by atoms with Crippen LogP contribution in [0.15, 0.2) is 6.07 Å². The van der Waals surface area contributed by atoms with Gasteiger partial charge in [-0.3, -0.25) is 0 Å². The van der Waals surface area contributed by atoms with Gasteiger partial charge >= 0.3 is 0 Å². The highest BCUT2D eigenvalue weighted by Gasteiger charge is 2.26. The van der Waals surface area contributed by atoms with Crippen LogP contribution in [0.3, 0.4) is 0 Å². The number of anilines is 2. The normalized spacial score (nSPS) is 21.3. The van der Waals surface area contributed by atoms with E-state index >= 15 is 0 Å². The predicted molar refractivity (Wildman–Crippen MR) is 88.5 cm³/mol. The lowest BCUT2D eigenvalue weighted by Gasteiger charge is -2.14. The van der Waals surface area contributed by atoms with Crippen molar-refractivity contribution in [1.29, 1.82) is 0 Å². The minimum Gasteiger partial charge on any atom is -0.376 e. The van der Waals surface area contributed by atoms with E-state index in [2.05, 4.69) is 45.7 Å². The summed E-state index contributed by atoms with van der Waals surface area (Å²) in [5.41, 5.74) is 1.16.